The van der Waals surface area contributed by atoms with Crippen LogP contribution in [0.5, 0.6) is 0 Å². The zero-order valence-corrected chi connectivity index (χ0v) is 11.5. The Bertz CT molecular complexity index is 696. The van der Waals surface area contributed by atoms with Crippen LogP contribution in [0.1, 0.15) is 16.1 Å². The molecule has 0 fully saturated rings. The fraction of sp³-hybridized carbons (Fsp3) is 0.167. The van der Waals surface area contributed by atoms with Crippen molar-refractivity contribution in [2.75, 3.05) is 11.1 Å². The lowest BCUT2D eigenvalue weighted by molar-refractivity contribution is -0.137. The SMILES string of the molecule is Cn1cc(N)c(C(=O)Nc2ccc(C(F)(F)F)cc2Cl)n1. The van der Waals surface area contributed by atoms with E-state index in [1.54, 1.807) is 7.05 Å². The van der Waals surface area contributed by atoms with E-state index in [-0.39, 0.29) is 22.1 Å². The van der Waals surface area contributed by atoms with Gasteiger partial charge in [0, 0.05) is 13.2 Å². The van der Waals surface area contributed by atoms with E-state index >= 15 is 0 Å². The third-order valence-corrected chi connectivity index (χ3v) is 2.93. The van der Waals surface area contributed by atoms with Crippen molar-refractivity contribution in [2.24, 2.45) is 7.05 Å². The fourth-order valence-corrected chi connectivity index (χ4v) is 1.89. The van der Waals surface area contributed by atoms with Crippen molar-refractivity contribution >= 4 is 28.9 Å². The van der Waals surface area contributed by atoms with E-state index in [9.17, 15) is 18.0 Å². The fourth-order valence-electron chi connectivity index (χ4n) is 1.66. The number of hydrogen-bond acceptors (Lipinski definition) is 3. The van der Waals surface area contributed by atoms with Crippen molar-refractivity contribution in [1.82, 2.24) is 9.78 Å². The summed E-state index contributed by atoms with van der Waals surface area (Å²) in [4.78, 5) is 11.9. The van der Waals surface area contributed by atoms with E-state index in [1.165, 1.54) is 10.9 Å². The maximum absolute atomic E-state index is 12.5. The first-order valence-electron chi connectivity index (χ1n) is 5.65. The minimum Gasteiger partial charge on any atom is -0.396 e. The van der Waals surface area contributed by atoms with Crippen molar-refractivity contribution in [1.29, 1.82) is 0 Å². The third kappa shape index (κ3) is 3.27. The van der Waals surface area contributed by atoms with Gasteiger partial charge in [0.25, 0.3) is 5.91 Å². The van der Waals surface area contributed by atoms with Crippen LogP contribution in [0, 0.1) is 0 Å². The largest absolute Gasteiger partial charge is 0.416 e. The Balaban J connectivity index is 2.24. The molecule has 0 bridgehead atoms. The summed E-state index contributed by atoms with van der Waals surface area (Å²) in [5.41, 5.74) is 4.85. The number of benzene rings is 1. The molecule has 0 aliphatic rings. The van der Waals surface area contributed by atoms with Gasteiger partial charge in [-0.15, -0.1) is 0 Å². The number of hydrogen-bond donors (Lipinski definition) is 2. The number of carbonyl (C=O) groups excluding carboxylic acids is 1. The highest BCUT2D eigenvalue weighted by molar-refractivity contribution is 6.34. The van der Waals surface area contributed by atoms with E-state index < -0.39 is 17.6 Å². The molecule has 1 heterocycles. The Morgan fingerprint density at radius 2 is 2.10 bits per heavy atom. The molecule has 0 atom stereocenters. The molecule has 9 heteroatoms. The number of aryl methyl sites for hydroxylation is 1. The zero-order valence-electron chi connectivity index (χ0n) is 10.7. The average molecular weight is 319 g/mol. The molecular formula is C12H10ClF3N4O. The van der Waals surface area contributed by atoms with Gasteiger partial charge in [-0.05, 0) is 18.2 Å². The molecule has 5 nitrogen and oxygen atoms in total. The van der Waals surface area contributed by atoms with E-state index in [4.69, 9.17) is 17.3 Å². The van der Waals surface area contributed by atoms with Crippen LogP contribution in [0.25, 0.3) is 0 Å². The molecule has 21 heavy (non-hydrogen) atoms. The highest BCUT2D eigenvalue weighted by Gasteiger charge is 2.31. The highest BCUT2D eigenvalue weighted by atomic mass is 35.5. The molecule has 3 N–H and O–H groups in total. The molecule has 0 aliphatic heterocycles. The lowest BCUT2D eigenvalue weighted by Crippen LogP contribution is -2.15. The van der Waals surface area contributed by atoms with Crippen molar-refractivity contribution in [2.45, 2.75) is 6.18 Å². The quantitative estimate of drug-likeness (QED) is 0.894. The Morgan fingerprint density at radius 1 is 1.43 bits per heavy atom. The molecule has 0 saturated carbocycles. The van der Waals surface area contributed by atoms with Crippen LogP contribution in [0.4, 0.5) is 24.5 Å². The topological polar surface area (TPSA) is 72.9 Å². The molecule has 1 aromatic heterocycles. The number of anilines is 2. The smallest absolute Gasteiger partial charge is 0.396 e. The molecule has 0 radical (unpaired) electrons. The van der Waals surface area contributed by atoms with Gasteiger partial charge in [-0.1, -0.05) is 11.6 Å². The van der Waals surface area contributed by atoms with E-state index in [1.807, 2.05) is 0 Å². The van der Waals surface area contributed by atoms with Crippen LogP contribution in [-0.4, -0.2) is 15.7 Å². The molecule has 1 aromatic carbocycles. The summed E-state index contributed by atoms with van der Waals surface area (Å²) in [5, 5.41) is 5.99. The number of nitrogens with one attached hydrogen (secondary N) is 1. The monoisotopic (exact) mass is 318 g/mol. The van der Waals surface area contributed by atoms with Crippen LogP contribution >= 0.6 is 11.6 Å². The normalized spacial score (nSPS) is 11.5. The van der Waals surface area contributed by atoms with Crippen molar-refractivity contribution in [3.8, 4) is 0 Å². The number of halogens is 4. The predicted octanol–water partition coefficient (Wildman–Crippen LogP) is 2.93. The summed E-state index contributed by atoms with van der Waals surface area (Å²) in [5.74, 6) is -0.658. The van der Waals surface area contributed by atoms with Gasteiger partial charge in [0.05, 0.1) is 22.0 Å². The van der Waals surface area contributed by atoms with Crippen LogP contribution in [0.15, 0.2) is 24.4 Å². The van der Waals surface area contributed by atoms with Gasteiger partial charge in [0.15, 0.2) is 5.69 Å². The van der Waals surface area contributed by atoms with Crippen molar-refractivity contribution < 1.29 is 18.0 Å². The summed E-state index contributed by atoms with van der Waals surface area (Å²) in [6.07, 6.45) is -3.07. The summed E-state index contributed by atoms with van der Waals surface area (Å²) in [6.45, 7) is 0. The maximum Gasteiger partial charge on any atom is 0.416 e. The van der Waals surface area contributed by atoms with E-state index in [2.05, 4.69) is 10.4 Å². The Hall–Kier alpha value is -2.22. The molecule has 1 amide bonds. The molecular weight excluding hydrogens is 309 g/mol. The molecule has 2 aromatic rings. The predicted molar refractivity (Wildman–Crippen MR) is 72.0 cm³/mol. The van der Waals surface area contributed by atoms with Gasteiger partial charge >= 0.3 is 6.18 Å². The number of alkyl halides is 3. The van der Waals surface area contributed by atoms with E-state index in [0.717, 1.165) is 18.2 Å². The highest BCUT2D eigenvalue weighted by Crippen LogP contribution is 2.33. The summed E-state index contributed by atoms with van der Waals surface area (Å²) < 4.78 is 38.9. The molecule has 0 unspecified atom stereocenters. The van der Waals surface area contributed by atoms with Gasteiger partial charge in [-0.3, -0.25) is 9.48 Å². The Morgan fingerprint density at radius 3 is 2.57 bits per heavy atom. The van der Waals surface area contributed by atoms with Crippen molar-refractivity contribution in [3.05, 3.63) is 40.7 Å². The molecule has 0 saturated heterocycles. The number of nitrogens with two attached hydrogens (primary N) is 1. The molecule has 112 valence electrons. The van der Waals surface area contributed by atoms with Gasteiger partial charge in [-0.2, -0.15) is 18.3 Å². The molecule has 2 rings (SSSR count). The standard InChI is InChI=1S/C12H10ClF3N4O/c1-20-5-8(17)10(19-20)11(21)18-9-3-2-6(4-7(9)13)12(14,15)16/h2-5H,17H2,1H3,(H,18,21). The van der Waals surface area contributed by atoms with E-state index in [0.29, 0.717) is 0 Å². The number of nitrogen functional groups attached to an aromatic ring is 1. The van der Waals surface area contributed by atoms with Crippen LogP contribution in [0.2, 0.25) is 5.02 Å². The van der Waals surface area contributed by atoms with Gasteiger partial charge < -0.3 is 11.1 Å². The first-order chi connectivity index (χ1) is 9.68. The summed E-state index contributed by atoms with van der Waals surface area (Å²) in [6, 6.07) is 2.63. The second-order valence-electron chi connectivity index (χ2n) is 4.25. The van der Waals surface area contributed by atoms with Gasteiger partial charge in [-0.25, -0.2) is 0 Å². The third-order valence-electron chi connectivity index (χ3n) is 2.62. The number of aromatic nitrogens is 2. The van der Waals surface area contributed by atoms with Crippen LogP contribution < -0.4 is 11.1 Å². The van der Waals surface area contributed by atoms with Crippen LogP contribution in [-0.2, 0) is 13.2 Å². The second kappa shape index (κ2) is 5.28. The summed E-state index contributed by atoms with van der Waals surface area (Å²) >= 11 is 5.74. The van der Waals surface area contributed by atoms with Crippen LogP contribution in [0.3, 0.4) is 0 Å². The number of amides is 1. The average Bonchev–Trinajstić information content (AvgIpc) is 2.69. The van der Waals surface area contributed by atoms with Gasteiger partial charge in [0.2, 0.25) is 0 Å². The number of nitrogens with zero attached hydrogens (tertiary/aromatic N) is 2. The lowest BCUT2D eigenvalue weighted by atomic mass is 10.2. The lowest BCUT2D eigenvalue weighted by Gasteiger charge is -2.10. The van der Waals surface area contributed by atoms with Gasteiger partial charge in [0.1, 0.15) is 0 Å². The Kier molecular flexibility index (Phi) is 3.82. The minimum absolute atomic E-state index is 0.0338. The zero-order chi connectivity index (χ0) is 15.8. The van der Waals surface area contributed by atoms with Crippen molar-refractivity contribution in [3.63, 3.8) is 0 Å². The molecule has 0 spiro atoms. The summed E-state index contributed by atoms with van der Waals surface area (Å²) in [7, 11) is 1.58. The minimum atomic E-state index is -4.50. The maximum atomic E-state index is 12.5. The first kappa shape index (κ1) is 15.2. The second-order valence-corrected chi connectivity index (χ2v) is 4.66. The first-order valence-corrected chi connectivity index (χ1v) is 6.03. The number of rotatable bonds is 2. The molecule has 0 aliphatic carbocycles. The Labute approximate surface area is 122 Å². The number of carbonyl (C=O) groups is 1.